The van der Waals surface area contributed by atoms with Gasteiger partial charge in [0.25, 0.3) is 0 Å². The van der Waals surface area contributed by atoms with Crippen LogP contribution in [0.4, 0.5) is 4.39 Å². The number of benzene rings is 1. The van der Waals surface area contributed by atoms with Crippen LogP contribution < -0.4 is 0 Å². The van der Waals surface area contributed by atoms with Crippen LogP contribution in [0, 0.1) is 5.82 Å². The average Bonchev–Trinajstić information content (AvgIpc) is 2.78. The van der Waals surface area contributed by atoms with E-state index in [0.717, 1.165) is 11.8 Å². The molecule has 3 aromatic rings. The second kappa shape index (κ2) is 4.77. The van der Waals surface area contributed by atoms with Crippen molar-refractivity contribution in [3.63, 3.8) is 0 Å². The molecule has 0 fully saturated rings. The molecule has 0 radical (unpaired) electrons. The Hall–Kier alpha value is -2.69. The van der Waals surface area contributed by atoms with Crippen molar-refractivity contribution in [1.29, 1.82) is 0 Å². The van der Waals surface area contributed by atoms with Crippen molar-refractivity contribution < 1.29 is 14.3 Å². The van der Waals surface area contributed by atoms with E-state index in [0.29, 0.717) is 17.6 Å². The zero-order chi connectivity index (χ0) is 14.1. The van der Waals surface area contributed by atoms with Crippen LogP contribution in [0.25, 0.3) is 11.0 Å². The number of carbonyl (C=O) groups is 1. The lowest BCUT2D eigenvalue weighted by Crippen LogP contribution is -1.99. The average molecular weight is 270 g/mol. The van der Waals surface area contributed by atoms with Gasteiger partial charge in [-0.15, -0.1) is 0 Å². The predicted octanol–water partition coefficient (Wildman–Crippen LogP) is 2.92. The van der Waals surface area contributed by atoms with Gasteiger partial charge in [0.05, 0.1) is 11.8 Å². The van der Waals surface area contributed by atoms with Gasteiger partial charge in [0.1, 0.15) is 11.5 Å². The number of rotatable bonds is 3. The van der Waals surface area contributed by atoms with E-state index >= 15 is 0 Å². The third-order valence-corrected chi connectivity index (χ3v) is 3.11. The van der Waals surface area contributed by atoms with Gasteiger partial charge in [0, 0.05) is 18.1 Å². The Morgan fingerprint density at radius 3 is 2.75 bits per heavy atom. The first-order valence-corrected chi connectivity index (χ1v) is 6.07. The van der Waals surface area contributed by atoms with Gasteiger partial charge in [-0.25, -0.2) is 14.2 Å². The van der Waals surface area contributed by atoms with Gasteiger partial charge in [0.2, 0.25) is 0 Å². The number of aromatic carboxylic acids is 1. The van der Waals surface area contributed by atoms with Crippen molar-refractivity contribution in [3.05, 3.63) is 65.7 Å². The first-order valence-electron chi connectivity index (χ1n) is 6.07. The Bertz CT molecular complexity index is 781. The Kier molecular flexibility index (Phi) is 2.95. The third kappa shape index (κ3) is 2.14. The van der Waals surface area contributed by atoms with Crippen LogP contribution in [0.15, 0.2) is 48.8 Å². The molecule has 0 amide bonds. The lowest BCUT2D eigenvalue weighted by atomic mass is 10.2. The Morgan fingerprint density at radius 1 is 1.30 bits per heavy atom. The van der Waals surface area contributed by atoms with Crippen LogP contribution in [0.1, 0.15) is 15.9 Å². The predicted molar refractivity (Wildman–Crippen MR) is 72.2 cm³/mol. The molecule has 0 saturated carbocycles. The zero-order valence-corrected chi connectivity index (χ0v) is 10.5. The van der Waals surface area contributed by atoms with Crippen LogP contribution in [0.2, 0.25) is 0 Å². The molecular formula is C15H11FN2O2. The molecule has 2 heterocycles. The van der Waals surface area contributed by atoms with Crippen LogP contribution in [0.3, 0.4) is 0 Å². The molecule has 3 rings (SSSR count). The maximum absolute atomic E-state index is 13.3. The van der Waals surface area contributed by atoms with Crippen molar-refractivity contribution >= 4 is 17.0 Å². The highest BCUT2D eigenvalue weighted by Gasteiger charge is 2.16. The summed E-state index contributed by atoms with van der Waals surface area (Å²) in [6.45, 7) is 0.489. The molecule has 5 heteroatoms. The summed E-state index contributed by atoms with van der Waals surface area (Å²) in [4.78, 5) is 15.2. The number of hydrogen-bond acceptors (Lipinski definition) is 2. The SMILES string of the molecule is O=C(O)c1cn(Cc2ccccc2)c2ncc(F)cc12. The fourth-order valence-corrected chi connectivity index (χ4v) is 2.22. The summed E-state index contributed by atoms with van der Waals surface area (Å²) >= 11 is 0. The molecule has 0 aliphatic heterocycles. The third-order valence-electron chi connectivity index (χ3n) is 3.11. The molecule has 0 saturated heterocycles. The molecule has 100 valence electrons. The number of carboxylic acid groups (broad SMARTS) is 1. The van der Waals surface area contributed by atoms with Gasteiger partial charge in [-0.2, -0.15) is 0 Å². The second-order valence-corrected chi connectivity index (χ2v) is 4.49. The molecule has 0 bridgehead atoms. The Balaban J connectivity index is 2.14. The first-order chi connectivity index (χ1) is 9.65. The van der Waals surface area contributed by atoms with Crippen LogP contribution >= 0.6 is 0 Å². The maximum Gasteiger partial charge on any atom is 0.337 e. The Morgan fingerprint density at radius 2 is 2.05 bits per heavy atom. The molecule has 20 heavy (non-hydrogen) atoms. The van der Waals surface area contributed by atoms with Gasteiger partial charge in [0.15, 0.2) is 0 Å². The lowest BCUT2D eigenvalue weighted by Gasteiger charge is -2.04. The Labute approximate surface area is 114 Å². The molecule has 0 unspecified atom stereocenters. The largest absolute Gasteiger partial charge is 0.478 e. The van der Waals surface area contributed by atoms with Gasteiger partial charge < -0.3 is 9.67 Å². The number of nitrogens with zero attached hydrogens (tertiary/aromatic N) is 2. The minimum atomic E-state index is -1.09. The van der Waals surface area contributed by atoms with E-state index in [2.05, 4.69) is 4.98 Å². The molecule has 1 aromatic carbocycles. The summed E-state index contributed by atoms with van der Waals surface area (Å²) in [5, 5.41) is 9.50. The number of carboxylic acids is 1. The molecule has 0 aliphatic rings. The fraction of sp³-hybridized carbons (Fsp3) is 0.0667. The fourth-order valence-electron chi connectivity index (χ4n) is 2.22. The number of aromatic nitrogens is 2. The van der Waals surface area contributed by atoms with Crippen LogP contribution in [-0.2, 0) is 6.54 Å². The molecule has 2 aromatic heterocycles. The van der Waals surface area contributed by atoms with Crippen molar-refractivity contribution in [2.24, 2.45) is 0 Å². The molecule has 4 nitrogen and oxygen atoms in total. The van der Waals surface area contributed by atoms with Crippen molar-refractivity contribution in [3.8, 4) is 0 Å². The molecule has 1 N–H and O–H groups in total. The zero-order valence-electron chi connectivity index (χ0n) is 10.5. The highest BCUT2D eigenvalue weighted by atomic mass is 19.1. The summed E-state index contributed by atoms with van der Waals surface area (Å²) in [7, 11) is 0. The molecule has 0 spiro atoms. The smallest absolute Gasteiger partial charge is 0.337 e. The summed E-state index contributed by atoms with van der Waals surface area (Å²) < 4.78 is 15.0. The molecule has 0 aliphatic carbocycles. The van der Waals surface area contributed by atoms with Crippen molar-refractivity contribution in [1.82, 2.24) is 9.55 Å². The number of fused-ring (bicyclic) bond motifs is 1. The summed E-state index contributed by atoms with van der Waals surface area (Å²) in [5.41, 5.74) is 1.54. The maximum atomic E-state index is 13.3. The summed E-state index contributed by atoms with van der Waals surface area (Å²) in [5.74, 6) is -1.63. The minimum absolute atomic E-state index is 0.0583. The van der Waals surface area contributed by atoms with E-state index in [1.807, 2.05) is 30.3 Å². The van der Waals surface area contributed by atoms with Gasteiger partial charge >= 0.3 is 5.97 Å². The normalized spacial score (nSPS) is 10.8. The molecular weight excluding hydrogens is 259 g/mol. The van der Waals surface area contributed by atoms with E-state index in [4.69, 9.17) is 0 Å². The van der Waals surface area contributed by atoms with Gasteiger partial charge in [-0.3, -0.25) is 0 Å². The van der Waals surface area contributed by atoms with E-state index in [1.54, 1.807) is 4.57 Å². The quantitative estimate of drug-likeness (QED) is 0.796. The van der Waals surface area contributed by atoms with Gasteiger partial charge in [-0.1, -0.05) is 30.3 Å². The molecule has 0 atom stereocenters. The van der Waals surface area contributed by atoms with Crippen LogP contribution in [0.5, 0.6) is 0 Å². The van der Waals surface area contributed by atoms with Crippen molar-refractivity contribution in [2.45, 2.75) is 6.54 Å². The van der Waals surface area contributed by atoms with Crippen molar-refractivity contribution in [2.75, 3.05) is 0 Å². The topological polar surface area (TPSA) is 55.1 Å². The lowest BCUT2D eigenvalue weighted by molar-refractivity contribution is 0.0699. The summed E-state index contributed by atoms with van der Waals surface area (Å²) in [6, 6.07) is 10.8. The van der Waals surface area contributed by atoms with Crippen LogP contribution in [-0.4, -0.2) is 20.6 Å². The highest BCUT2D eigenvalue weighted by molar-refractivity contribution is 6.02. The van der Waals surface area contributed by atoms with Gasteiger partial charge in [-0.05, 0) is 11.6 Å². The van der Waals surface area contributed by atoms with E-state index in [-0.39, 0.29) is 5.56 Å². The van der Waals surface area contributed by atoms with E-state index < -0.39 is 11.8 Å². The minimum Gasteiger partial charge on any atom is -0.478 e. The highest BCUT2D eigenvalue weighted by Crippen LogP contribution is 2.21. The van der Waals surface area contributed by atoms with E-state index in [9.17, 15) is 14.3 Å². The van der Waals surface area contributed by atoms with E-state index in [1.165, 1.54) is 12.3 Å². The number of pyridine rings is 1. The summed E-state index contributed by atoms with van der Waals surface area (Å²) in [6.07, 6.45) is 2.59. The first kappa shape index (κ1) is 12.3. The number of hydrogen-bond donors (Lipinski definition) is 1. The standard InChI is InChI=1S/C15H11FN2O2/c16-11-6-12-13(15(19)20)9-18(14(12)17-7-11)8-10-4-2-1-3-5-10/h1-7,9H,8H2,(H,19,20). The monoisotopic (exact) mass is 270 g/mol. The second-order valence-electron chi connectivity index (χ2n) is 4.49. The number of halogens is 1.